The number of piperazine rings is 1. The Bertz CT molecular complexity index is 419. The smallest absolute Gasteiger partial charge is 0.137 e. The Hall–Kier alpha value is -0.770. The molecule has 1 aromatic rings. The minimum atomic E-state index is 0.726. The maximum atomic E-state index is 6.26. The number of hydrogen-bond acceptors (Lipinski definition) is 3. The number of rotatable bonds is 8. The van der Waals surface area contributed by atoms with Crippen LogP contribution in [0.2, 0.25) is 5.02 Å². The SMILES string of the molecule is CCCOc1ccc(CCCCN2CCNCC2)cc1Cl. The Morgan fingerprint density at radius 1 is 1.24 bits per heavy atom. The van der Waals surface area contributed by atoms with E-state index in [1.54, 1.807) is 0 Å². The van der Waals surface area contributed by atoms with Gasteiger partial charge in [0.05, 0.1) is 11.6 Å². The first-order valence-electron chi connectivity index (χ1n) is 8.14. The molecule has 1 aliphatic heterocycles. The lowest BCUT2D eigenvalue weighted by Crippen LogP contribution is -2.43. The second kappa shape index (κ2) is 9.29. The van der Waals surface area contributed by atoms with Crippen molar-refractivity contribution in [2.45, 2.75) is 32.6 Å². The molecular weight excluding hydrogens is 284 g/mol. The minimum absolute atomic E-state index is 0.726. The predicted molar refractivity (Wildman–Crippen MR) is 89.5 cm³/mol. The summed E-state index contributed by atoms with van der Waals surface area (Å²) in [5.74, 6) is 0.808. The lowest BCUT2D eigenvalue weighted by Gasteiger charge is -2.27. The van der Waals surface area contributed by atoms with Crippen molar-refractivity contribution in [2.75, 3.05) is 39.3 Å². The molecule has 0 bridgehead atoms. The zero-order valence-electron chi connectivity index (χ0n) is 13.0. The number of aryl methyl sites for hydroxylation is 1. The molecule has 21 heavy (non-hydrogen) atoms. The lowest BCUT2D eigenvalue weighted by molar-refractivity contribution is 0.237. The van der Waals surface area contributed by atoms with Crippen molar-refractivity contribution in [3.05, 3.63) is 28.8 Å². The van der Waals surface area contributed by atoms with Gasteiger partial charge in [-0.25, -0.2) is 0 Å². The maximum Gasteiger partial charge on any atom is 0.137 e. The van der Waals surface area contributed by atoms with Crippen LogP contribution in [-0.4, -0.2) is 44.2 Å². The predicted octanol–water partition coefficient (Wildman–Crippen LogP) is 3.36. The summed E-state index contributed by atoms with van der Waals surface area (Å²) in [6.45, 7) is 8.69. The summed E-state index contributed by atoms with van der Waals surface area (Å²) < 4.78 is 5.60. The number of nitrogens with zero attached hydrogens (tertiary/aromatic N) is 1. The van der Waals surface area contributed by atoms with E-state index in [4.69, 9.17) is 16.3 Å². The van der Waals surface area contributed by atoms with Crippen LogP contribution in [-0.2, 0) is 6.42 Å². The van der Waals surface area contributed by atoms with Gasteiger partial charge < -0.3 is 15.0 Å². The average Bonchev–Trinajstić information content (AvgIpc) is 2.52. The molecule has 0 spiro atoms. The van der Waals surface area contributed by atoms with Crippen LogP contribution in [0.4, 0.5) is 0 Å². The molecule has 4 heteroatoms. The zero-order valence-corrected chi connectivity index (χ0v) is 13.8. The number of benzene rings is 1. The molecule has 1 aliphatic rings. The molecule has 0 atom stereocenters. The van der Waals surface area contributed by atoms with Crippen LogP contribution in [0.1, 0.15) is 31.7 Å². The molecule has 0 saturated carbocycles. The largest absolute Gasteiger partial charge is 0.492 e. The molecule has 0 aromatic heterocycles. The Kier molecular flexibility index (Phi) is 7.34. The third kappa shape index (κ3) is 5.85. The first-order valence-corrected chi connectivity index (χ1v) is 8.51. The minimum Gasteiger partial charge on any atom is -0.492 e. The van der Waals surface area contributed by atoms with Crippen LogP contribution < -0.4 is 10.1 Å². The molecule has 2 rings (SSSR count). The summed E-state index contributed by atoms with van der Waals surface area (Å²) in [6, 6.07) is 6.20. The first-order chi connectivity index (χ1) is 10.3. The van der Waals surface area contributed by atoms with Crippen LogP contribution in [0.15, 0.2) is 18.2 Å². The van der Waals surface area contributed by atoms with Gasteiger partial charge in [0.1, 0.15) is 5.75 Å². The number of ether oxygens (including phenoxy) is 1. The van der Waals surface area contributed by atoms with Gasteiger partial charge in [-0.1, -0.05) is 24.6 Å². The molecule has 1 heterocycles. The molecule has 1 saturated heterocycles. The summed E-state index contributed by atoms with van der Waals surface area (Å²) in [4.78, 5) is 2.55. The van der Waals surface area contributed by atoms with Crippen LogP contribution in [0.3, 0.4) is 0 Å². The van der Waals surface area contributed by atoms with E-state index < -0.39 is 0 Å². The monoisotopic (exact) mass is 310 g/mol. The third-order valence-corrected chi connectivity index (χ3v) is 4.15. The van der Waals surface area contributed by atoms with Gasteiger partial charge in [0, 0.05) is 26.2 Å². The number of unbranched alkanes of at least 4 members (excludes halogenated alkanes) is 1. The molecule has 0 radical (unpaired) electrons. The quantitative estimate of drug-likeness (QED) is 0.745. The fourth-order valence-corrected chi connectivity index (χ4v) is 2.89. The van der Waals surface area contributed by atoms with Crippen molar-refractivity contribution < 1.29 is 4.74 Å². The Morgan fingerprint density at radius 3 is 2.76 bits per heavy atom. The molecule has 0 amide bonds. The van der Waals surface area contributed by atoms with Crippen molar-refractivity contribution in [3.8, 4) is 5.75 Å². The van der Waals surface area contributed by atoms with Crippen molar-refractivity contribution in [2.24, 2.45) is 0 Å². The van der Waals surface area contributed by atoms with E-state index in [9.17, 15) is 0 Å². The molecule has 0 aliphatic carbocycles. The van der Waals surface area contributed by atoms with Crippen molar-refractivity contribution in [1.29, 1.82) is 0 Å². The summed E-state index contributed by atoms with van der Waals surface area (Å²) in [5.41, 5.74) is 1.31. The van der Waals surface area contributed by atoms with Gasteiger partial charge in [-0.3, -0.25) is 0 Å². The molecular formula is C17H27ClN2O. The molecule has 1 fully saturated rings. The van der Waals surface area contributed by atoms with E-state index in [1.165, 1.54) is 38.0 Å². The fraction of sp³-hybridized carbons (Fsp3) is 0.647. The second-order valence-corrected chi connectivity index (χ2v) is 6.07. The van der Waals surface area contributed by atoms with E-state index in [-0.39, 0.29) is 0 Å². The van der Waals surface area contributed by atoms with Crippen molar-refractivity contribution in [1.82, 2.24) is 10.2 Å². The van der Waals surface area contributed by atoms with Crippen LogP contribution in [0, 0.1) is 0 Å². The lowest BCUT2D eigenvalue weighted by atomic mass is 10.1. The highest BCUT2D eigenvalue weighted by Gasteiger charge is 2.08. The topological polar surface area (TPSA) is 24.5 Å². The molecule has 0 unspecified atom stereocenters. The van der Waals surface area contributed by atoms with Gasteiger partial charge in [-0.2, -0.15) is 0 Å². The highest BCUT2D eigenvalue weighted by atomic mass is 35.5. The van der Waals surface area contributed by atoms with E-state index >= 15 is 0 Å². The molecule has 118 valence electrons. The second-order valence-electron chi connectivity index (χ2n) is 5.66. The van der Waals surface area contributed by atoms with Crippen molar-refractivity contribution in [3.63, 3.8) is 0 Å². The Balaban J connectivity index is 1.69. The van der Waals surface area contributed by atoms with Gasteiger partial charge in [0.25, 0.3) is 0 Å². The Labute approximate surface area is 133 Å². The maximum absolute atomic E-state index is 6.26. The number of halogens is 1. The van der Waals surface area contributed by atoms with Gasteiger partial charge in [0.2, 0.25) is 0 Å². The van der Waals surface area contributed by atoms with Crippen molar-refractivity contribution >= 4 is 11.6 Å². The molecule has 1 aromatic carbocycles. The van der Waals surface area contributed by atoms with Crippen LogP contribution in [0.25, 0.3) is 0 Å². The van der Waals surface area contributed by atoms with Gasteiger partial charge in [0.15, 0.2) is 0 Å². The van der Waals surface area contributed by atoms with E-state index in [0.717, 1.165) is 43.3 Å². The van der Waals surface area contributed by atoms with E-state index in [0.29, 0.717) is 0 Å². The van der Waals surface area contributed by atoms with Crippen LogP contribution in [0.5, 0.6) is 5.75 Å². The average molecular weight is 311 g/mol. The summed E-state index contributed by atoms with van der Waals surface area (Å²) in [5, 5.41) is 4.13. The number of hydrogen-bond donors (Lipinski definition) is 1. The number of nitrogens with one attached hydrogen (secondary N) is 1. The first kappa shape index (κ1) is 16.6. The van der Waals surface area contributed by atoms with E-state index in [1.807, 2.05) is 6.07 Å². The Morgan fingerprint density at radius 2 is 2.05 bits per heavy atom. The third-order valence-electron chi connectivity index (χ3n) is 3.86. The molecule has 3 nitrogen and oxygen atoms in total. The normalized spacial score (nSPS) is 16.1. The summed E-state index contributed by atoms with van der Waals surface area (Å²) in [7, 11) is 0. The molecule has 1 N–H and O–H groups in total. The van der Waals surface area contributed by atoms with Crippen LogP contribution >= 0.6 is 11.6 Å². The summed E-state index contributed by atoms with van der Waals surface area (Å²) in [6.07, 6.45) is 4.57. The fourth-order valence-electron chi connectivity index (χ4n) is 2.63. The summed E-state index contributed by atoms with van der Waals surface area (Å²) >= 11 is 6.26. The highest BCUT2D eigenvalue weighted by Crippen LogP contribution is 2.26. The zero-order chi connectivity index (χ0) is 14.9. The van der Waals surface area contributed by atoms with Gasteiger partial charge in [-0.05, 0) is 49.9 Å². The van der Waals surface area contributed by atoms with Gasteiger partial charge >= 0.3 is 0 Å². The van der Waals surface area contributed by atoms with Gasteiger partial charge in [-0.15, -0.1) is 0 Å². The highest BCUT2D eigenvalue weighted by molar-refractivity contribution is 6.32. The standard InChI is InChI=1S/C17H27ClN2O/c1-2-13-21-17-7-6-15(14-16(17)18)5-3-4-10-20-11-8-19-9-12-20/h6-7,14,19H,2-5,8-13H2,1H3. The van der Waals surface area contributed by atoms with E-state index in [2.05, 4.69) is 29.3 Å².